The van der Waals surface area contributed by atoms with Crippen LogP contribution in [0.25, 0.3) is 0 Å². The summed E-state index contributed by atoms with van der Waals surface area (Å²) in [5.74, 6) is -1.44. The highest BCUT2D eigenvalue weighted by Gasteiger charge is 2.62. The number of hydrogen-bond donors (Lipinski definition) is 0. The second-order valence-corrected chi connectivity index (χ2v) is 16.8. The molecule has 222 valence electrons. The Morgan fingerprint density at radius 3 is 2.13 bits per heavy atom. The summed E-state index contributed by atoms with van der Waals surface area (Å²) in [7, 11) is -2.02. The Balaban J connectivity index is 1.41. The molecule has 2 aliphatic carbocycles. The summed E-state index contributed by atoms with van der Waals surface area (Å²) < 4.78 is 45.5. The molecule has 2 spiro atoms. The van der Waals surface area contributed by atoms with Crippen LogP contribution in [0.2, 0.25) is 18.1 Å². The fraction of sp³-hybridized carbons (Fsp3) is 0.900. The van der Waals surface area contributed by atoms with Gasteiger partial charge >= 0.3 is 5.97 Å². The van der Waals surface area contributed by atoms with E-state index in [0.717, 1.165) is 69.5 Å². The molecule has 3 aliphatic heterocycles. The zero-order chi connectivity index (χ0) is 27.5. The van der Waals surface area contributed by atoms with Crippen LogP contribution in [0.1, 0.15) is 91.9 Å². The fourth-order valence-corrected chi connectivity index (χ4v) is 10.0. The maximum atomic E-state index is 11.9. The number of carbonyl (C=O) groups is 1. The molecule has 1 unspecified atom stereocenters. The topological polar surface area (TPSA) is 85.0 Å². The van der Waals surface area contributed by atoms with Gasteiger partial charge in [-0.05, 0) is 56.8 Å². The van der Waals surface area contributed by atoms with E-state index in [-0.39, 0.29) is 42.6 Å². The highest BCUT2D eigenvalue weighted by atomic mass is 28.4. The molecule has 0 aromatic heterocycles. The minimum absolute atomic E-state index is 0.194. The first-order chi connectivity index (χ1) is 18.9. The first-order valence-corrected chi connectivity index (χ1v) is 18.3. The first kappa shape index (κ1) is 29.7. The van der Waals surface area contributed by atoms with Crippen LogP contribution >= 0.6 is 0 Å². The summed E-state index contributed by atoms with van der Waals surface area (Å²) in [5.41, 5.74) is 0. The van der Waals surface area contributed by atoms with Crippen molar-refractivity contribution in [2.24, 2.45) is 0 Å². The van der Waals surface area contributed by atoms with E-state index in [9.17, 15) is 4.79 Å². The molecule has 2 saturated carbocycles. The van der Waals surface area contributed by atoms with Crippen molar-refractivity contribution in [3.05, 3.63) is 12.2 Å². The van der Waals surface area contributed by atoms with Gasteiger partial charge in [-0.25, -0.2) is 4.79 Å². The van der Waals surface area contributed by atoms with Crippen molar-refractivity contribution in [2.45, 2.75) is 158 Å². The number of epoxide rings is 1. The molecule has 8 nitrogen and oxygen atoms in total. The molecule has 0 aromatic carbocycles. The average molecular weight is 567 g/mol. The fourth-order valence-electron chi connectivity index (χ4n) is 7.15. The molecule has 5 rings (SSSR count). The van der Waals surface area contributed by atoms with Crippen molar-refractivity contribution in [3.8, 4) is 0 Å². The predicted molar refractivity (Wildman–Crippen MR) is 149 cm³/mol. The van der Waals surface area contributed by atoms with Crippen LogP contribution in [0.15, 0.2) is 12.2 Å². The molecule has 3 saturated heterocycles. The zero-order valence-electron chi connectivity index (χ0n) is 24.5. The lowest BCUT2D eigenvalue weighted by Gasteiger charge is -2.40. The lowest BCUT2D eigenvalue weighted by molar-refractivity contribution is -0.215. The number of hydrogen-bond acceptors (Lipinski definition) is 8. The molecule has 6 atom stereocenters. The second kappa shape index (κ2) is 12.6. The Bertz CT molecular complexity index is 840. The molecule has 39 heavy (non-hydrogen) atoms. The van der Waals surface area contributed by atoms with Gasteiger partial charge in [0, 0.05) is 31.8 Å². The number of ether oxygens (including phenoxy) is 6. The standard InChI is InChI=1S/C30H50O8Si/c1-5-32-24(31)16-15-22-25(34-22)27-28(37-30(36-27)19-13-10-14-20-30)26(38-39(6-2,7-3)8-4)23-21-33-29(35-23)17-11-9-12-18-29/h15-16,22-23,25-28H,5-14,17-21H2,1-4H3/b16-15+/t22-,23-,25+,26?,27+,28-/m1/s1. The Morgan fingerprint density at radius 1 is 0.872 bits per heavy atom. The van der Waals surface area contributed by atoms with E-state index < -0.39 is 19.9 Å². The average Bonchev–Trinajstić information content (AvgIpc) is 3.50. The summed E-state index contributed by atoms with van der Waals surface area (Å²) in [4.78, 5) is 11.9. The van der Waals surface area contributed by atoms with Gasteiger partial charge in [-0.15, -0.1) is 0 Å². The second-order valence-electron chi connectivity index (χ2n) is 12.1. The van der Waals surface area contributed by atoms with Crippen molar-refractivity contribution >= 4 is 14.3 Å². The van der Waals surface area contributed by atoms with Gasteiger partial charge in [0.05, 0.1) is 13.2 Å². The Morgan fingerprint density at radius 2 is 1.51 bits per heavy atom. The third-order valence-corrected chi connectivity index (χ3v) is 14.4. The molecule has 5 aliphatic rings. The summed E-state index contributed by atoms with van der Waals surface area (Å²) in [6.07, 6.45) is 12.3. The smallest absolute Gasteiger partial charge is 0.330 e. The van der Waals surface area contributed by atoms with E-state index in [2.05, 4.69) is 20.8 Å². The number of esters is 1. The van der Waals surface area contributed by atoms with Crippen LogP contribution in [0.4, 0.5) is 0 Å². The lowest BCUT2D eigenvalue weighted by Crippen LogP contribution is -2.54. The molecule has 0 radical (unpaired) electrons. The summed E-state index contributed by atoms with van der Waals surface area (Å²) in [5, 5.41) is 0. The maximum absolute atomic E-state index is 11.9. The highest BCUT2D eigenvalue weighted by Crippen LogP contribution is 2.49. The van der Waals surface area contributed by atoms with Crippen molar-refractivity contribution in [2.75, 3.05) is 13.2 Å². The molecule has 9 heteroatoms. The molecular weight excluding hydrogens is 516 g/mol. The Labute approximate surface area is 235 Å². The van der Waals surface area contributed by atoms with Crippen LogP contribution < -0.4 is 0 Å². The summed E-state index contributed by atoms with van der Waals surface area (Å²) in [6, 6.07) is 3.14. The van der Waals surface area contributed by atoms with Gasteiger partial charge in [-0.2, -0.15) is 0 Å². The van der Waals surface area contributed by atoms with Crippen molar-refractivity contribution in [1.29, 1.82) is 0 Å². The van der Waals surface area contributed by atoms with Crippen molar-refractivity contribution in [1.82, 2.24) is 0 Å². The predicted octanol–water partition coefficient (Wildman–Crippen LogP) is 5.78. The van der Waals surface area contributed by atoms with Gasteiger partial charge in [-0.1, -0.05) is 33.6 Å². The van der Waals surface area contributed by atoms with E-state index in [0.29, 0.717) is 13.2 Å². The van der Waals surface area contributed by atoms with Gasteiger partial charge in [0.25, 0.3) is 0 Å². The molecule has 5 fully saturated rings. The highest BCUT2D eigenvalue weighted by molar-refractivity contribution is 6.73. The minimum atomic E-state index is -2.02. The summed E-state index contributed by atoms with van der Waals surface area (Å²) >= 11 is 0. The maximum Gasteiger partial charge on any atom is 0.330 e. The van der Waals surface area contributed by atoms with Gasteiger partial charge in [-0.3, -0.25) is 0 Å². The van der Waals surface area contributed by atoms with Gasteiger partial charge in [0.2, 0.25) is 0 Å². The zero-order valence-corrected chi connectivity index (χ0v) is 25.5. The van der Waals surface area contributed by atoms with E-state index in [4.69, 9.17) is 32.8 Å². The van der Waals surface area contributed by atoms with E-state index in [1.807, 2.05) is 0 Å². The third-order valence-electron chi connectivity index (χ3n) is 9.74. The summed E-state index contributed by atoms with van der Waals surface area (Å²) in [6.45, 7) is 9.46. The minimum Gasteiger partial charge on any atom is -0.463 e. The quantitative estimate of drug-likeness (QED) is 0.135. The Kier molecular flexibility index (Phi) is 9.58. The SMILES string of the molecule is CCOC(=O)/C=C/[C@H]1O[C@@H]1[C@@H]1OC2(CCCCC2)O[C@@H]1C(O[Si](CC)(CC)CC)[C@H]1COC2(CCCCC2)O1. The van der Waals surface area contributed by atoms with Crippen molar-refractivity contribution < 1.29 is 37.6 Å². The molecular formula is C30H50O8Si. The normalized spacial score (nSPS) is 34.6. The number of rotatable bonds is 11. The molecule has 0 amide bonds. The number of carbonyl (C=O) groups excluding carboxylic acids is 1. The van der Waals surface area contributed by atoms with E-state index >= 15 is 0 Å². The molecule has 0 aromatic rings. The van der Waals surface area contributed by atoms with Gasteiger partial charge < -0.3 is 32.8 Å². The molecule has 0 bridgehead atoms. The first-order valence-electron chi connectivity index (χ1n) is 15.8. The van der Waals surface area contributed by atoms with Gasteiger partial charge in [0.1, 0.15) is 36.6 Å². The van der Waals surface area contributed by atoms with Gasteiger partial charge in [0.15, 0.2) is 19.9 Å². The molecule has 3 heterocycles. The van der Waals surface area contributed by atoms with Crippen LogP contribution in [0.5, 0.6) is 0 Å². The molecule has 0 N–H and O–H groups in total. The lowest BCUT2D eigenvalue weighted by atomic mass is 9.94. The van der Waals surface area contributed by atoms with Crippen LogP contribution in [-0.4, -0.2) is 75.7 Å². The monoisotopic (exact) mass is 566 g/mol. The van der Waals surface area contributed by atoms with E-state index in [1.54, 1.807) is 13.0 Å². The van der Waals surface area contributed by atoms with Crippen LogP contribution in [-0.2, 0) is 37.6 Å². The van der Waals surface area contributed by atoms with Crippen LogP contribution in [0.3, 0.4) is 0 Å². The van der Waals surface area contributed by atoms with Crippen molar-refractivity contribution in [3.63, 3.8) is 0 Å². The Hall–Kier alpha value is -0.813. The third kappa shape index (κ3) is 6.50. The largest absolute Gasteiger partial charge is 0.463 e. The van der Waals surface area contributed by atoms with E-state index in [1.165, 1.54) is 18.9 Å². The van der Waals surface area contributed by atoms with Crippen LogP contribution in [0, 0.1) is 0 Å².